The van der Waals surface area contributed by atoms with Gasteiger partial charge in [0, 0.05) is 21.7 Å². The van der Waals surface area contributed by atoms with Crippen LogP contribution in [0.5, 0.6) is 0 Å². The van der Waals surface area contributed by atoms with Crippen LogP contribution in [0, 0.1) is 18.6 Å². The van der Waals surface area contributed by atoms with Crippen molar-refractivity contribution in [3.63, 3.8) is 0 Å². The number of thiazole rings is 1. The first-order valence-corrected chi connectivity index (χ1v) is 12.1. The molecular weight excluding hydrogens is 455 g/mol. The van der Waals surface area contributed by atoms with Gasteiger partial charge in [0.15, 0.2) is 14.9 Å². The largest absolute Gasteiger partial charge is 0.324 e. The first-order chi connectivity index (χ1) is 14.4. The Kier molecular flexibility index (Phi) is 6.19. The molecule has 1 atom stereocenters. The lowest BCUT2D eigenvalue weighted by Gasteiger charge is -2.16. The standard InChI is InChI=1S/C20H19N5OS4/c1-11-9-14(30-20-21-12(2)10-29-20)6-7-15(11)22-18(26)13(3)25-17(23-24-19(25)27)16-5-4-8-28-16/h4-10,13H,1-3H3,(H,22,26)(H,24,27). The van der Waals surface area contributed by atoms with Crippen LogP contribution in [0.4, 0.5) is 5.69 Å². The van der Waals surface area contributed by atoms with E-state index in [1.807, 2.05) is 55.8 Å². The molecule has 154 valence electrons. The SMILES string of the molecule is Cc1csc(Sc2ccc(NC(=O)C(C)n3c(-c4cccs4)n[nH]c3=S)c(C)c2)n1. The second-order valence-corrected chi connectivity index (χ2v) is 10.2. The van der Waals surface area contributed by atoms with Gasteiger partial charge < -0.3 is 5.32 Å². The molecule has 6 nitrogen and oxygen atoms in total. The predicted octanol–water partition coefficient (Wildman–Crippen LogP) is 6.09. The van der Waals surface area contributed by atoms with Gasteiger partial charge in [-0.1, -0.05) is 17.8 Å². The van der Waals surface area contributed by atoms with E-state index in [1.54, 1.807) is 39.0 Å². The summed E-state index contributed by atoms with van der Waals surface area (Å²) in [5.74, 6) is 0.518. The molecule has 3 heterocycles. The van der Waals surface area contributed by atoms with E-state index in [-0.39, 0.29) is 5.91 Å². The van der Waals surface area contributed by atoms with Crippen molar-refractivity contribution < 1.29 is 4.79 Å². The van der Waals surface area contributed by atoms with Crippen molar-refractivity contribution in [2.75, 3.05) is 5.32 Å². The summed E-state index contributed by atoms with van der Waals surface area (Å²) in [6.45, 7) is 5.79. The van der Waals surface area contributed by atoms with Crippen molar-refractivity contribution >= 4 is 58.2 Å². The van der Waals surface area contributed by atoms with Crippen LogP contribution >= 0.6 is 46.7 Å². The third kappa shape index (κ3) is 4.41. The number of rotatable bonds is 6. The molecule has 0 saturated carbocycles. The van der Waals surface area contributed by atoms with Crippen LogP contribution in [0.2, 0.25) is 0 Å². The van der Waals surface area contributed by atoms with E-state index in [2.05, 4.69) is 26.6 Å². The summed E-state index contributed by atoms with van der Waals surface area (Å²) in [5.41, 5.74) is 2.79. The maximum absolute atomic E-state index is 13.0. The van der Waals surface area contributed by atoms with Gasteiger partial charge in [0.25, 0.3) is 0 Å². The molecule has 1 unspecified atom stereocenters. The van der Waals surface area contributed by atoms with Crippen LogP contribution < -0.4 is 5.32 Å². The number of benzene rings is 1. The number of hydrogen-bond donors (Lipinski definition) is 2. The molecule has 4 aromatic rings. The molecular formula is C20H19N5OS4. The third-order valence-electron chi connectivity index (χ3n) is 4.47. The van der Waals surface area contributed by atoms with Crippen molar-refractivity contribution in [1.82, 2.24) is 19.7 Å². The zero-order chi connectivity index (χ0) is 21.3. The molecule has 0 saturated heterocycles. The minimum absolute atomic E-state index is 0.149. The average molecular weight is 474 g/mol. The Labute approximate surface area is 191 Å². The highest BCUT2D eigenvalue weighted by Gasteiger charge is 2.22. The molecule has 0 bridgehead atoms. The lowest BCUT2D eigenvalue weighted by Crippen LogP contribution is -2.24. The van der Waals surface area contributed by atoms with Gasteiger partial charge in [-0.3, -0.25) is 14.5 Å². The summed E-state index contributed by atoms with van der Waals surface area (Å²) in [6.07, 6.45) is 0. The van der Waals surface area contributed by atoms with E-state index in [0.717, 1.165) is 31.1 Å². The van der Waals surface area contributed by atoms with Crippen molar-refractivity contribution in [2.24, 2.45) is 0 Å². The molecule has 0 spiro atoms. The van der Waals surface area contributed by atoms with E-state index in [9.17, 15) is 4.79 Å². The first-order valence-electron chi connectivity index (χ1n) is 9.14. The van der Waals surface area contributed by atoms with Crippen LogP contribution in [-0.2, 0) is 4.79 Å². The summed E-state index contributed by atoms with van der Waals surface area (Å²) in [5, 5.41) is 14.1. The van der Waals surface area contributed by atoms with Gasteiger partial charge in [-0.05, 0) is 68.2 Å². The number of carbonyl (C=O) groups excluding carboxylic acids is 1. The summed E-state index contributed by atoms with van der Waals surface area (Å²) >= 11 is 10.2. The number of nitrogens with one attached hydrogen (secondary N) is 2. The highest BCUT2D eigenvalue weighted by Crippen LogP contribution is 2.33. The van der Waals surface area contributed by atoms with Crippen LogP contribution in [0.15, 0.2) is 50.3 Å². The van der Waals surface area contributed by atoms with Crippen LogP contribution in [0.25, 0.3) is 10.7 Å². The maximum atomic E-state index is 13.0. The van der Waals surface area contributed by atoms with Crippen molar-refractivity contribution in [2.45, 2.75) is 36.0 Å². The monoisotopic (exact) mass is 473 g/mol. The van der Waals surface area contributed by atoms with Crippen LogP contribution in [-0.4, -0.2) is 25.7 Å². The Morgan fingerprint density at radius 3 is 2.80 bits per heavy atom. The number of hydrogen-bond acceptors (Lipinski definition) is 7. The zero-order valence-corrected chi connectivity index (χ0v) is 19.8. The van der Waals surface area contributed by atoms with Crippen molar-refractivity contribution in [3.8, 4) is 10.7 Å². The highest BCUT2D eigenvalue weighted by atomic mass is 32.2. The van der Waals surface area contributed by atoms with Crippen molar-refractivity contribution in [1.29, 1.82) is 0 Å². The molecule has 10 heteroatoms. The van der Waals surface area contributed by atoms with Crippen molar-refractivity contribution in [3.05, 3.63) is 57.1 Å². The quantitative estimate of drug-likeness (QED) is 0.331. The Balaban J connectivity index is 1.51. The third-order valence-corrected chi connectivity index (χ3v) is 7.67. The molecule has 0 aliphatic carbocycles. The lowest BCUT2D eigenvalue weighted by molar-refractivity contribution is -0.118. The van der Waals surface area contributed by atoms with Gasteiger partial charge in [0.05, 0.1) is 4.88 Å². The van der Waals surface area contributed by atoms with E-state index in [4.69, 9.17) is 12.2 Å². The van der Waals surface area contributed by atoms with E-state index >= 15 is 0 Å². The molecule has 2 N–H and O–H groups in total. The fourth-order valence-corrected chi connectivity index (χ4v) is 5.83. The number of anilines is 1. The molecule has 0 fully saturated rings. The number of aryl methyl sites for hydroxylation is 2. The minimum atomic E-state index is -0.514. The predicted molar refractivity (Wildman–Crippen MR) is 126 cm³/mol. The lowest BCUT2D eigenvalue weighted by atomic mass is 10.2. The summed E-state index contributed by atoms with van der Waals surface area (Å²) in [6, 6.07) is 9.37. The van der Waals surface area contributed by atoms with Gasteiger partial charge in [-0.25, -0.2) is 4.98 Å². The Hall–Kier alpha value is -2.27. The highest BCUT2D eigenvalue weighted by molar-refractivity contribution is 8.01. The van der Waals surface area contributed by atoms with Crippen LogP contribution in [0.3, 0.4) is 0 Å². The summed E-state index contributed by atoms with van der Waals surface area (Å²) in [4.78, 5) is 19.5. The molecule has 1 aromatic carbocycles. The number of amides is 1. The second kappa shape index (κ2) is 8.84. The molecule has 1 amide bonds. The number of carbonyl (C=O) groups is 1. The number of nitrogens with zero attached hydrogens (tertiary/aromatic N) is 3. The van der Waals surface area contributed by atoms with Gasteiger partial charge in [-0.2, -0.15) is 5.10 Å². The average Bonchev–Trinajstić information content (AvgIpc) is 3.45. The molecule has 0 aliphatic heterocycles. The fraction of sp³-hybridized carbons (Fsp3) is 0.200. The number of H-pyrrole nitrogens is 1. The minimum Gasteiger partial charge on any atom is -0.324 e. The smallest absolute Gasteiger partial charge is 0.247 e. The summed E-state index contributed by atoms with van der Waals surface area (Å²) < 4.78 is 3.18. The van der Waals surface area contributed by atoms with Gasteiger partial charge in [0.1, 0.15) is 6.04 Å². The molecule has 0 radical (unpaired) electrons. The topological polar surface area (TPSA) is 75.6 Å². The first kappa shape index (κ1) is 21.0. The molecule has 4 rings (SSSR count). The van der Waals surface area contributed by atoms with E-state index in [1.165, 1.54) is 0 Å². The molecule has 3 aromatic heterocycles. The Morgan fingerprint density at radius 2 is 2.13 bits per heavy atom. The van der Waals surface area contributed by atoms with Gasteiger partial charge in [0.2, 0.25) is 5.91 Å². The maximum Gasteiger partial charge on any atom is 0.247 e. The number of aromatic amines is 1. The van der Waals surface area contributed by atoms with E-state index < -0.39 is 6.04 Å². The van der Waals surface area contributed by atoms with Crippen LogP contribution in [0.1, 0.15) is 24.2 Å². The zero-order valence-electron chi connectivity index (χ0n) is 16.5. The molecule has 30 heavy (non-hydrogen) atoms. The van der Waals surface area contributed by atoms with Gasteiger partial charge in [-0.15, -0.1) is 22.7 Å². The number of aromatic nitrogens is 4. The fourth-order valence-electron chi connectivity index (χ4n) is 2.92. The summed E-state index contributed by atoms with van der Waals surface area (Å²) in [7, 11) is 0. The van der Waals surface area contributed by atoms with Gasteiger partial charge >= 0.3 is 0 Å². The normalized spacial score (nSPS) is 12.1. The second-order valence-electron chi connectivity index (χ2n) is 6.70. The Morgan fingerprint density at radius 1 is 1.30 bits per heavy atom. The number of thiophene rings is 1. The van der Waals surface area contributed by atoms with E-state index in [0.29, 0.717) is 10.6 Å². The molecule has 0 aliphatic rings. The Bertz CT molecular complexity index is 1240.